The number of carbonyl (C=O) groups is 2. The van der Waals surface area contributed by atoms with Crippen LogP contribution in [0.3, 0.4) is 0 Å². The SMILES string of the molecule is CNC1CCCN(CCCCC(N)=O)C1=O. The summed E-state index contributed by atoms with van der Waals surface area (Å²) in [5, 5.41) is 3.03. The van der Waals surface area contributed by atoms with Crippen LogP contribution in [0.15, 0.2) is 0 Å². The van der Waals surface area contributed by atoms with E-state index in [0.717, 1.165) is 38.8 Å². The number of nitrogens with one attached hydrogen (secondary N) is 1. The predicted octanol–water partition coefficient (Wildman–Crippen LogP) is -0.148. The number of primary amides is 1. The highest BCUT2D eigenvalue weighted by Crippen LogP contribution is 2.12. The third-order valence-corrected chi connectivity index (χ3v) is 2.98. The minimum absolute atomic E-state index is 0.0232. The van der Waals surface area contributed by atoms with E-state index in [4.69, 9.17) is 5.73 Å². The molecule has 0 aromatic heterocycles. The van der Waals surface area contributed by atoms with Gasteiger partial charge in [0.05, 0.1) is 6.04 Å². The molecule has 16 heavy (non-hydrogen) atoms. The van der Waals surface area contributed by atoms with Crippen molar-refractivity contribution in [1.82, 2.24) is 10.2 Å². The Morgan fingerprint density at radius 3 is 2.94 bits per heavy atom. The molecule has 1 aliphatic heterocycles. The summed E-state index contributed by atoms with van der Waals surface area (Å²) < 4.78 is 0. The molecule has 1 fully saturated rings. The Morgan fingerprint density at radius 2 is 2.31 bits per heavy atom. The first kappa shape index (κ1) is 13.0. The fraction of sp³-hybridized carbons (Fsp3) is 0.818. The van der Waals surface area contributed by atoms with Crippen LogP contribution in [0.4, 0.5) is 0 Å². The van der Waals surface area contributed by atoms with Gasteiger partial charge in [-0.05, 0) is 32.7 Å². The van der Waals surface area contributed by atoms with Crippen molar-refractivity contribution in [2.45, 2.75) is 38.1 Å². The molecule has 1 aliphatic rings. The number of hydrogen-bond donors (Lipinski definition) is 2. The molecule has 2 amide bonds. The Labute approximate surface area is 96.4 Å². The van der Waals surface area contributed by atoms with Crippen LogP contribution in [0.2, 0.25) is 0 Å². The first-order chi connectivity index (χ1) is 7.65. The average Bonchev–Trinajstić information content (AvgIpc) is 2.26. The summed E-state index contributed by atoms with van der Waals surface area (Å²) in [5.74, 6) is -0.0779. The van der Waals surface area contributed by atoms with E-state index >= 15 is 0 Å². The number of likely N-dealkylation sites (N-methyl/N-ethyl adjacent to an activating group) is 1. The summed E-state index contributed by atoms with van der Waals surface area (Å²) in [5.41, 5.74) is 5.05. The largest absolute Gasteiger partial charge is 0.370 e. The normalized spacial score (nSPS) is 21.2. The van der Waals surface area contributed by atoms with Crippen LogP contribution in [-0.2, 0) is 9.59 Å². The second-order valence-electron chi connectivity index (χ2n) is 4.23. The van der Waals surface area contributed by atoms with Gasteiger partial charge in [-0.1, -0.05) is 0 Å². The maximum Gasteiger partial charge on any atom is 0.239 e. The molecule has 92 valence electrons. The number of nitrogens with two attached hydrogens (primary N) is 1. The van der Waals surface area contributed by atoms with Gasteiger partial charge >= 0.3 is 0 Å². The number of piperidine rings is 1. The molecule has 0 radical (unpaired) electrons. The zero-order valence-corrected chi connectivity index (χ0v) is 9.87. The van der Waals surface area contributed by atoms with Gasteiger partial charge in [0.25, 0.3) is 0 Å². The highest BCUT2D eigenvalue weighted by Gasteiger charge is 2.26. The minimum Gasteiger partial charge on any atom is -0.370 e. The van der Waals surface area contributed by atoms with Crippen molar-refractivity contribution in [2.24, 2.45) is 5.73 Å². The van der Waals surface area contributed by atoms with Gasteiger partial charge in [-0.3, -0.25) is 9.59 Å². The number of carbonyl (C=O) groups excluding carboxylic acids is 2. The summed E-state index contributed by atoms with van der Waals surface area (Å²) in [6.07, 6.45) is 4.01. The first-order valence-corrected chi connectivity index (χ1v) is 5.89. The van der Waals surface area contributed by atoms with Crippen molar-refractivity contribution in [3.8, 4) is 0 Å². The quantitative estimate of drug-likeness (QED) is 0.620. The van der Waals surface area contributed by atoms with Gasteiger partial charge in [-0.2, -0.15) is 0 Å². The van der Waals surface area contributed by atoms with Crippen LogP contribution < -0.4 is 11.1 Å². The molecule has 0 aromatic carbocycles. The molecule has 1 unspecified atom stereocenters. The maximum absolute atomic E-state index is 11.9. The van der Waals surface area contributed by atoms with Gasteiger partial charge in [-0.15, -0.1) is 0 Å². The molecule has 5 heteroatoms. The summed E-state index contributed by atoms with van der Waals surface area (Å²) >= 11 is 0. The van der Waals surface area contributed by atoms with E-state index < -0.39 is 0 Å². The van der Waals surface area contributed by atoms with Crippen LogP contribution in [-0.4, -0.2) is 42.9 Å². The molecule has 0 aromatic rings. The van der Waals surface area contributed by atoms with Crippen molar-refractivity contribution >= 4 is 11.8 Å². The number of hydrogen-bond acceptors (Lipinski definition) is 3. The van der Waals surface area contributed by atoms with Gasteiger partial charge in [0.2, 0.25) is 11.8 Å². The van der Waals surface area contributed by atoms with Crippen LogP contribution >= 0.6 is 0 Å². The van der Waals surface area contributed by atoms with Crippen LogP contribution in [0.1, 0.15) is 32.1 Å². The lowest BCUT2D eigenvalue weighted by Gasteiger charge is -2.32. The van der Waals surface area contributed by atoms with E-state index in [1.165, 1.54) is 0 Å². The first-order valence-electron chi connectivity index (χ1n) is 5.89. The Kier molecular flexibility index (Phi) is 5.25. The molecule has 1 rings (SSSR count). The van der Waals surface area contributed by atoms with Gasteiger partial charge in [0.1, 0.15) is 0 Å². The van der Waals surface area contributed by atoms with E-state index in [1.54, 1.807) is 0 Å². The van der Waals surface area contributed by atoms with Gasteiger partial charge in [-0.25, -0.2) is 0 Å². The molecule has 0 saturated carbocycles. The number of nitrogens with zero attached hydrogens (tertiary/aromatic N) is 1. The molecule has 1 saturated heterocycles. The number of likely N-dealkylation sites (tertiary alicyclic amines) is 1. The minimum atomic E-state index is -0.266. The molecule has 1 atom stereocenters. The third kappa shape index (κ3) is 3.81. The number of unbranched alkanes of at least 4 members (excludes halogenated alkanes) is 1. The van der Waals surface area contributed by atoms with Gasteiger partial charge in [0.15, 0.2) is 0 Å². The lowest BCUT2D eigenvalue weighted by atomic mass is 10.0. The lowest BCUT2D eigenvalue weighted by molar-refractivity contribution is -0.135. The zero-order chi connectivity index (χ0) is 12.0. The fourth-order valence-electron chi connectivity index (χ4n) is 2.03. The third-order valence-electron chi connectivity index (χ3n) is 2.98. The molecule has 0 spiro atoms. The summed E-state index contributed by atoms with van der Waals surface area (Å²) in [6, 6.07) is -0.0232. The number of rotatable bonds is 6. The van der Waals surface area contributed by atoms with Crippen molar-refractivity contribution in [3.63, 3.8) is 0 Å². The summed E-state index contributed by atoms with van der Waals surface area (Å²) in [4.78, 5) is 24.3. The fourth-order valence-corrected chi connectivity index (χ4v) is 2.03. The van der Waals surface area contributed by atoms with Crippen molar-refractivity contribution in [2.75, 3.05) is 20.1 Å². The predicted molar refractivity (Wildman–Crippen MR) is 61.7 cm³/mol. The highest BCUT2D eigenvalue weighted by atomic mass is 16.2. The van der Waals surface area contributed by atoms with E-state index in [2.05, 4.69) is 5.32 Å². The summed E-state index contributed by atoms with van der Waals surface area (Å²) in [7, 11) is 1.82. The second-order valence-corrected chi connectivity index (χ2v) is 4.23. The molecular weight excluding hydrogens is 206 g/mol. The smallest absolute Gasteiger partial charge is 0.239 e. The van der Waals surface area contributed by atoms with Gasteiger partial charge in [0, 0.05) is 19.5 Å². The Hall–Kier alpha value is -1.10. The van der Waals surface area contributed by atoms with Crippen LogP contribution in [0, 0.1) is 0 Å². The van der Waals surface area contributed by atoms with Crippen molar-refractivity contribution in [1.29, 1.82) is 0 Å². The van der Waals surface area contributed by atoms with Gasteiger partial charge < -0.3 is 16.0 Å². The topological polar surface area (TPSA) is 75.4 Å². The van der Waals surface area contributed by atoms with E-state index in [1.807, 2.05) is 11.9 Å². The summed E-state index contributed by atoms with van der Waals surface area (Å²) in [6.45, 7) is 1.58. The standard InChI is InChI=1S/C11H21N3O2/c1-13-9-5-4-8-14(11(9)16)7-3-2-6-10(12)15/h9,13H,2-8H2,1H3,(H2,12,15). The molecule has 0 bridgehead atoms. The monoisotopic (exact) mass is 227 g/mol. The van der Waals surface area contributed by atoms with Crippen LogP contribution in [0.25, 0.3) is 0 Å². The highest BCUT2D eigenvalue weighted by molar-refractivity contribution is 5.82. The number of amides is 2. The van der Waals surface area contributed by atoms with Crippen molar-refractivity contribution in [3.05, 3.63) is 0 Å². The lowest BCUT2D eigenvalue weighted by Crippen LogP contribution is -2.49. The Morgan fingerprint density at radius 1 is 1.56 bits per heavy atom. The second kappa shape index (κ2) is 6.48. The molecule has 1 heterocycles. The molecule has 0 aliphatic carbocycles. The molecule has 5 nitrogen and oxygen atoms in total. The Balaban J connectivity index is 2.25. The molecular formula is C11H21N3O2. The van der Waals surface area contributed by atoms with E-state index in [0.29, 0.717) is 6.42 Å². The zero-order valence-electron chi connectivity index (χ0n) is 9.87. The average molecular weight is 227 g/mol. The maximum atomic E-state index is 11.9. The van der Waals surface area contributed by atoms with E-state index in [9.17, 15) is 9.59 Å². The van der Waals surface area contributed by atoms with Crippen LogP contribution in [0.5, 0.6) is 0 Å². The Bertz CT molecular complexity index is 256. The molecule has 3 N–H and O–H groups in total. The van der Waals surface area contributed by atoms with Crippen molar-refractivity contribution < 1.29 is 9.59 Å². The van der Waals surface area contributed by atoms with E-state index in [-0.39, 0.29) is 17.9 Å².